The number of nitrogens with zero attached hydrogens (tertiary/aromatic N) is 1. The first-order chi connectivity index (χ1) is 13.6. The van der Waals surface area contributed by atoms with E-state index in [0.29, 0.717) is 12.1 Å². The number of benzene rings is 2. The summed E-state index contributed by atoms with van der Waals surface area (Å²) >= 11 is 0. The Balaban J connectivity index is 1.51. The topological polar surface area (TPSA) is 104 Å². The third-order valence-corrected chi connectivity index (χ3v) is 4.97. The van der Waals surface area contributed by atoms with Crippen LogP contribution < -0.4 is 5.32 Å². The van der Waals surface area contributed by atoms with Gasteiger partial charge in [-0.05, 0) is 28.7 Å². The Hall–Kier alpha value is -3.61. The summed E-state index contributed by atoms with van der Waals surface area (Å²) in [5.41, 5.74) is 4.89. The first kappa shape index (κ1) is 17.8. The molecule has 4 rings (SSSR count). The van der Waals surface area contributed by atoms with Crippen LogP contribution in [0, 0.1) is 0 Å². The number of carbonyl (C=O) groups is 2. The molecule has 0 aliphatic heterocycles. The van der Waals surface area contributed by atoms with Gasteiger partial charge in [0.15, 0.2) is 5.82 Å². The molecule has 3 aromatic rings. The van der Waals surface area contributed by atoms with E-state index >= 15 is 0 Å². The van der Waals surface area contributed by atoms with Gasteiger partial charge in [-0.3, -0.25) is 10.4 Å². The standard InChI is InChI=1S/C21H19N3O4/c1-2-17-18(20(25)26)19(24-23-17)22-21(27)28-11-16-14-9-5-3-7-12(14)13-8-4-6-10-15(13)16/h3-10,16H,2,11H2,1H3,(H,25,26)(H2,22,23,24,27). The van der Waals surface area contributed by atoms with Crippen LogP contribution in [0.25, 0.3) is 11.1 Å². The molecule has 7 nitrogen and oxygen atoms in total. The third-order valence-electron chi connectivity index (χ3n) is 4.97. The van der Waals surface area contributed by atoms with Crippen molar-refractivity contribution in [1.82, 2.24) is 10.2 Å². The molecule has 1 aliphatic rings. The molecule has 0 radical (unpaired) electrons. The average Bonchev–Trinajstić information content (AvgIpc) is 3.25. The average molecular weight is 377 g/mol. The molecule has 3 N–H and O–H groups in total. The van der Waals surface area contributed by atoms with Gasteiger partial charge in [0, 0.05) is 5.92 Å². The zero-order valence-corrected chi connectivity index (χ0v) is 15.2. The second-order valence-electron chi connectivity index (χ2n) is 6.54. The van der Waals surface area contributed by atoms with E-state index in [9.17, 15) is 14.7 Å². The minimum absolute atomic E-state index is 0.0402. The van der Waals surface area contributed by atoms with Crippen molar-refractivity contribution >= 4 is 17.9 Å². The Bertz CT molecular complexity index is 1010. The van der Waals surface area contributed by atoms with Gasteiger partial charge in [-0.15, -0.1) is 0 Å². The number of hydrogen-bond acceptors (Lipinski definition) is 4. The van der Waals surface area contributed by atoms with Crippen LogP contribution in [0.15, 0.2) is 48.5 Å². The van der Waals surface area contributed by atoms with Crippen molar-refractivity contribution in [3.05, 3.63) is 70.9 Å². The van der Waals surface area contributed by atoms with E-state index in [2.05, 4.69) is 27.6 Å². The molecular formula is C21H19N3O4. The van der Waals surface area contributed by atoms with Crippen molar-refractivity contribution in [3.63, 3.8) is 0 Å². The van der Waals surface area contributed by atoms with Crippen LogP contribution in [0.5, 0.6) is 0 Å². The number of H-pyrrole nitrogens is 1. The highest BCUT2D eigenvalue weighted by Crippen LogP contribution is 2.44. The molecule has 1 aromatic heterocycles. The molecule has 0 spiro atoms. The second kappa shape index (κ2) is 7.19. The number of hydrogen-bond donors (Lipinski definition) is 3. The molecule has 28 heavy (non-hydrogen) atoms. The monoisotopic (exact) mass is 377 g/mol. The zero-order valence-electron chi connectivity index (χ0n) is 15.2. The third kappa shape index (κ3) is 3.00. The number of aromatic nitrogens is 2. The maximum Gasteiger partial charge on any atom is 0.412 e. The minimum Gasteiger partial charge on any atom is -0.477 e. The Kier molecular flexibility index (Phi) is 4.57. The van der Waals surface area contributed by atoms with Gasteiger partial charge in [0.2, 0.25) is 0 Å². The van der Waals surface area contributed by atoms with E-state index < -0.39 is 12.1 Å². The van der Waals surface area contributed by atoms with E-state index in [4.69, 9.17) is 4.74 Å². The van der Waals surface area contributed by atoms with Gasteiger partial charge in [-0.25, -0.2) is 9.59 Å². The van der Waals surface area contributed by atoms with Crippen LogP contribution in [0.4, 0.5) is 10.6 Å². The van der Waals surface area contributed by atoms with Crippen molar-refractivity contribution in [3.8, 4) is 11.1 Å². The van der Waals surface area contributed by atoms with Gasteiger partial charge >= 0.3 is 12.1 Å². The summed E-state index contributed by atoms with van der Waals surface area (Å²) in [6.07, 6.45) is -0.278. The molecule has 2 aromatic carbocycles. The molecule has 0 saturated carbocycles. The van der Waals surface area contributed by atoms with Crippen molar-refractivity contribution < 1.29 is 19.4 Å². The lowest BCUT2D eigenvalue weighted by Crippen LogP contribution is -2.19. The number of anilines is 1. The maximum atomic E-state index is 12.3. The smallest absolute Gasteiger partial charge is 0.412 e. The highest BCUT2D eigenvalue weighted by Gasteiger charge is 2.29. The first-order valence-electron chi connectivity index (χ1n) is 9.02. The summed E-state index contributed by atoms with van der Waals surface area (Å²) in [5.74, 6) is -1.26. The van der Waals surface area contributed by atoms with Crippen LogP contribution in [0.3, 0.4) is 0 Å². The van der Waals surface area contributed by atoms with Gasteiger partial charge in [0.25, 0.3) is 0 Å². The molecule has 1 amide bonds. The number of nitrogens with one attached hydrogen (secondary N) is 2. The zero-order chi connectivity index (χ0) is 19.7. The summed E-state index contributed by atoms with van der Waals surface area (Å²) in [7, 11) is 0. The lowest BCUT2D eigenvalue weighted by molar-refractivity contribution is 0.0697. The summed E-state index contributed by atoms with van der Waals surface area (Å²) in [6, 6.07) is 16.1. The van der Waals surface area contributed by atoms with E-state index in [1.54, 1.807) is 6.92 Å². The quantitative estimate of drug-likeness (QED) is 0.623. The lowest BCUT2D eigenvalue weighted by Gasteiger charge is -2.14. The van der Waals surface area contributed by atoms with Crippen molar-refractivity contribution in [2.75, 3.05) is 11.9 Å². The number of aryl methyl sites for hydroxylation is 1. The highest BCUT2D eigenvalue weighted by atomic mass is 16.5. The largest absolute Gasteiger partial charge is 0.477 e. The molecule has 0 unspecified atom stereocenters. The number of carbonyl (C=O) groups excluding carboxylic acids is 1. The molecule has 1 heterocycles. The summed E-state index contributed by atoms with van der Waals surface area (Å²) in [4.78, 5) is 23.7. The Labute approximate surface area is 161 Å². The van der Waals surface area contributed by atoms with Crippen LogP contribution in [-0.2, 0) is 11.2 Å². The van der Waals surface area contributed by atoms with Gasteiger partial charge in [-0.2, -0.15) is 5.10 Å². The first-order valence-corrected chi connectivity index (χ1v) is 9.02. The summed E-state index contributed by atoms with van der Waals surface area (Å²) in [5, 5.41) is 18.3. The van der Waals surface area contributed by atoms with Crippen LogP contribution >= 0.6 is 0 Å². The van der Waals surface area contributed by atoms with Gasteiger partial charge in [-0.1, -0.05) is 55.5 Å². The van der Waals surface area contributed by atoms with Gasteiger partial charge < -0.3 is 9.84 Å². The number of aromatic carboxylic acids is 1. The number of carboxylic acid groups (broad SMARTS) is 1. The lowest BCUT2D eigenvalue weighted by atomic mass is 9.98. The van der Waals surface area contributed by atoms with E-state index in [1.807, 2.05) is 36.4 Å². The van der Waals surface area contributed by atoms with Crippen LogP contribution in [0.1, 0.15) is 40.0 Å². The SMILES string of the molecule is CCc1[nH]nc(NC(=O)OCC2c3ccccc3-c3ccccc32)c1C(=O)O. The maximum absolute atomic E-state index is 12.3. The number of carboxylic acids is 1. The highest BCUT2D eigenvalue weighted by molar-refractivity contribution is 5.98. The molecule has 0 fully saturated rings. The number of rotatable bonds is 5. The van der Waals surface area contributed by atoms with Gasteiger partial charge in [0.1, 0.15) is 12.2 Å². The van der Waals surface area contributed by atoms with E-state index in [1.165, 1.54) is 0 Å². The summed E-state index contributed by atoms with van der Waals surface area (Å²) < 4.78 is 5.42. The number of fused-ring (bicyclic) bond motifs is 3. The molecule has 142 valence electrons. The van der Waals surface area contributed by atoms with Crippen LogP contribution in [-0.4, -0.2) is 34.0 Å². The van der Waals surface area contributed by atoms with E-state index in [-0.39, 0.29) is 23.9 Å². The number of ether oxygens (including phenoxy) is 1. The fourth-order valence-corrected chi connectivity index (χ4v) is 3.69. The normalized spacial score (nSPS) is 12.3. The predicted molar refractivity (Wildman–Crippen MR) is 104 cm³/mol. The number of aromatic amines is 1. The van der Waals surface area contributed by atoms with Crippen molar-refractivity contribution in [2.24, 2.45) is 0 Å². The fourth-order valence-electron chi connectivity index (χ4n) is 3.69. The molecule has 1 aliphatic carbocycles. The predicted octanol–water partition coefficient (Wildman–Crippen LogP) is 4.03. The Morgan fingerprint density at radius 1 is 1.11 bits per heavy atom. The second-order valence-corrected chi connectivity index (χ2v) is 6.54. The van der Waals surface area contributed by atoms with Crippen molar-refractivity contribution in [2.45, 2.75) is 19.3 Å². The van der Waals surface area contributed by atoms with Gasteiger partial charge in [0.05, 0.1) is 5.69 Å². The molecule has 0 atom stereocenters. The van der Waals surface area contributed by atoms with Crippen LogP contribution in [0.2, 0.25) is 0 Å². The fraction of sp³-hybridized carbons (Fsp3) is 0.190. The molecule has 0 saturated heterocycles. The van der Waals surface area contributed by atoms with Crippen molar-refractivity contribution in [1.29, 1.82) is 0 Å². The molecule has 0 bridgehead atoms. The molecule has 7 heteroatoms. The Morgan fingerprint density at radius 3 is 2.29 bits per heavy atom. The summed E-state index contributed by atoms with van der Waals surface area (Å²) in [6.45, 7) is 1.95. The Morgan fingerprint density at radius 2 is 1.71 bits per heavy atom. The number of amides is 1. The minimum atomic E-state index is -1.15. The molecular weight excluding hydrogens is 358 g/mol. The van der Waals surface area contributed by atoms with E-state index in [0.717, 1.165) is 22.3 Å².